The van der Waals surface area contributed by atoms with Crippen molar-refractivity contribution >= 4 is 16.9 Å². The van der Waals surface area contributed by atoms with Crippen LogP contribution in [-0.4, -0.2) is 5.91 Å². The van der Waals surface area contributed by atoms with Crippen molar-refractivity contribution in [2.24, 2.45) is 0 Å². The fourth-order valence-corrected chi connectivity index (χ4v) is 2.56. The molecule has 0 saturated carbocycles. The number of benzene rings is 2. The van der Waals surface area contributed by atoms with Crippen molar-refractivity contribution in [3.8, 4) is 0 Å². The van der Waals surface area contributed by atoms with E-state index in [0.29, 0.717) is 11.0 Å². The number of halogens is 3. The van der Waals surface area contributed by atoms with Gasteiger partial charge in [0.1, 0.15) is 11.1 Å². The lowest BCUT2D eigenvalue weighted by atomic mass is 10.0. The zero-order valence-corrected chi connectivity index (χ0v) is 13.6. The number of rotatable bonds is 3. The number of carbonyl (C=O) groups is 1. The van der Waals surface area contributed by atoms with Crippen LogP contribution in [0.25, 0.3) is 11.0 Å². The zero-order valence-electron chi connectivity index (χ0n) is 13.6. The fraction of sp³-hybridized carbons (Fsp3) is 0.158. The second-order valence-electron chi connectivity index (χ2n) is 5.80. The van der Waals surface area contributed by atoms with Crippen LogP contribution in [-0.2, 0) is 6.18 Å². The van der Waals surface area contributed by atoms with Crippen molar-refractivity contribution in [1.29, 1.82) is 0 Å². The molecule has 1 aromatic heterocycles. The van der Waals surface area contributed by atoms with Gasteiger partial charge in [0.25, 0.3) is 5.91 Å². The Bertz CT molecular complexity index is 1020. The van der Waals surface area contributed by atoms with Gasteiger partial charge in [-0.25, -0.2) is 4.79 Å². The minimum absolute atomic E-state index is 0.206. The predicted molar refractivity (Wildman–Crippen MR) is 89.8 cm³/mol. The molecule has 1 atom stereocenters. The van der Waals surface area contributed by atoms with Gasteiger partial charge in [-0.1, -0.05) is 30.3 Å². The highest BCUT2D eigenvalue weighted by Gasteiger charge is 2.30. The third-order valence-corrected chi connectivity index (χ3v) is 3.95. The number of amides is 1. The van der Waals surface area contributed by atoms with Gasteiger partial charge in [-0.3, -0.25) is 4.79 Å². The Kier molecular flexibility index (Phi) is 4.54. The summed E-state index contributed by atoms with van der Waals surface area (Å²) in [5, 5.41) is 3.10. The molecule has 0 aliphatic carbocycles. The quantitative estimate of drug-likeness (QED) is 0.708. The SMILES string of the molecule is CC(NC(=O)c1cc2ccccc2oc1=O)c1cccc(C(F)(F)F)c1. The Hall–Kier alpha value is -3.09. The smallest absolute Gasteiger partial charge is 0.416 e. The first-order valence-electron chi connectivity index (χ1n) is 7.76. The molecule has 0 saturated heterocycles. The molecule has 0 bridgehead atoms. The Labute approximate surface area is 146 Å². The number of hydrogen-bond donors (Lipinski definition) is 1. The summed E-state index contributed by atoms with van der Waals surface area (Å²) in [6, 6.07) is 12.0. The van der Waals surface area contributed by atoms with E-state index in [2.05, 4.69) is 5.32 Å². The van der Waals surface area contributed by atoms with E-state index in [1.165, 1.54) is 25.1 Å². The second kappa shape index (κ2) is 6.67. The zero-order chi connectivity index (χ0) is 18.9. The van der Waals surface area contributed by atoms with Gasteiger partial charge in [0.2, 0.25) is 0 Å². The lowest BCUT2D eigenvalue weighted by Crippen LogP contribution is -2.30. The van der Waals surface area contributed by atoms with E-state index < -0.39 is 29.3 Å². The molecule has 1 heterocycles. The van der Waals surface area contributed by atoms with Gasteiger partial charge in [0.15, 0.2) is 0 Å². The summed E-state index contributed by atoms with van der Waals surface area (Å²) < 4.78 is 43.6. The Morgan fingerprint density at radius 1 is 1.08 bits per heavy atom. The first-order valence-corrected chi connectivity index (χ1v) is 7.76. The third kappa shape index (κ3) is 3.61. The van der Waals surface area contributed by atoms with Crippen LogP contribution in [0.3, 0.4) is 0 Å². The summed E-state index contributed by atoms with van der Waals surface area (Å²) >= 11 is 0. The third-order valence-electron chi connectivity index (χ3n) is 3.95. The number of fused-ring (bicyclic) bond motifs is 1. The normalized spacial score (nSPS) is 12.8. The second-order valence-corrected chi connectivity index (χ2v) is 5.80. The van der Waals surface area contributed by atoms with E-state index in [1.807, 2.05) is 0 Å². The highest BCUT2D eigenvalue weighted by atomic mass is 19.4. The highest BCUT2D eigenvalue weighted by Crippen LogP contribution is 2.30. The highest BCUT2D eigenvalue weighted by molar-refractivity contribution is 5.96. The maximum Gasteiger partial charge on any atom is 0.416 e. The van der Waals surface area contributed by atoms with Crippen LogP contribution in [0.2, 0.25) is 0 Å². The van der Waals surface area contributed by atoms with Crippen molar-refractivity contribution in [3.63, 3.8) is 0 Å². The molecule has 0 aliphatic rings. The van der Waals surface area contributed by atoms with Crippen LogP contribution in [0.15, 0.2) is 63.8 Å². The molecule has 3 aromatic rings. The summed E-state index contributed by atoms with van der Waals surface area (Å²) in [5.74, 6) is -0.714. The van der Waals surface area contributed by atoms with Crippen LogP contribution in [0.5, 0.6) is 0 Å². The topological polar surface area (TPSA) is 59.3 Å². The Morgan fingerprint density at radius 2 is 1.81 bits per heavy atom. The lowest BCUT2D eigenvalue weighted by Gasteiger charge is -2.16. The van der Waals surface area contributed by atoms with Gasteiger partial charge >= 0.3 is 11.8 Å². The molecule has 26 heavy (non-hydrogen) atoms. The van der Waals surface area contributed by atoms with E-state index in [0.717, 1.165) is 12.1 Å². The van der Waals surface area contributed by atoms with Crippen molar-refractivity contribution in [2.75, 3.05) is 0 Å². The molecule has 0 spiro atoms. The van der Waals surface area contributed by atoms with E-state index in [9.17, 15) is 22.8 Å². The molecule has 2 aromatic carbocycles. The van der Waals surface area contributed by atoms with Crippen LogP contribution < -0.4 is 10.9 Å². The van der Waals surface area contributed by atoms with Crippen LogP contribution in [0.4, 0.5) is 13.2 Å². The molecule has 0 fully saturated rings. The number of hydrogen-bond acceptors (Lipinski definition) is 3. The predicted octanol–water partition coefficient (Wildman–Crippen LogP) is 4.30. The largest absolute Gasteiger partial charge is 0.422 e. The van der Waals surface area contributed by atoms with Gasteiger partial charge in [-0.2, -0.15) is 13.2 Å². The monoisotopic (exact) mass is 361 g/mol. The summed E-state index contributed by atoms with van der Waals surface area (Å²) in [7, 11) is 0. The maximum absolute atomic E-state index is 12.8. The Balaban J connectivity index is 1.86. The fourth-order valence-electron chi connectivity index (χ4n) is 2.56. The van der Waals surface area contributed by atoms with E-state index in [-0.39, 0.29) is 11.1 Å². The first kappa shape index (κ1) is 17.7. The summed E-state index contributed by atoms with van der Waals surface area (Å²) in [6.45, 7) is 1.54. The molecule has 7 heteroatoms. The molecule has 134 valence electrons. The summed E-state index contributed by atoms with van der Waals surface area (Å²) in [4.78, 5) is 24.4. The molecule has 1 unspecified atom stereocenters. The average Bonchev–Trinajstić information content (AvgIpc) is 2.60. The van der Waals surface area contributed by atoms with E-state index >= 15 is 0 Å². The number of nitrogens with one attached hydrogen (secondary N) is 1. The average molecular weight is 361 g/mol. The number of para-hydroxylation sites is 1. The van der Waals surface area contributed by atoms with Gasteiger partial charge in [0.05, 0.1) is 11.6 Å². The maximum atomic E-state index is 12.8. The van der Waals surface area contributed by atoms with Crippen LogP contribution in [0.1, 0.15) is 34.5 Å². The molecule has 1 N–H and O–H groups in total. The standard InChI is InChI=1S/C19H14F3NO3/c1-11(12-6-4-7-14(9-12)19(20,21)22)23-17(24)15-10-13-5-2-3-8-16(13)26-18(15)25/h2-11H,1H3,(H,23,24). The lowest BCUT2D eigenvalue weighted by molar-refractivity contribution is -0.137. The van der Waals surface area contributed by atoms with Crippen molar-refractivity contribution in [2.45, 2.75) is 19.1 Å². The number of carbonyl (C=O) groups excluding carboxylic acids is 1. The number of alkyl halides is 3. The van der Waals surface area contributed by atoms with E-state index in [4.69, 9.17) is 4.42 Å². The van der Waals surface area contributed by atoms with E-state index in [1.54, 1.807) is 24.3 Å². The minimum atomic E-state index is -4.47. The van der Waals surface area contributed by atoms with Gasteiger partial charge in [-0.15, -0.1) is 0 Å². The molecule has 0 aliphatic heterocycles. The van der Waals surface area contributed by atoms with Crippen molar-refractivity contribution in [3.05, 3.63) is 81.7 Å². The molecule has 1 amide bonds. The molecular formula is C19H14F3NO3. The van der Waals surface area contributed by atoms with Gasteiger partial charge in [-0.05, 0) is 36.8 Å². The minimum Gasteiger partial charge on any atom is -0.422 e. The molecular weight excluding hydrogens is 347 g/mol. The van der Waals surface area contributed by atoms with Crippen molar-refractivity contribution < 1.29 is 22.4 Å². The molecule has 0 radical (unpaired) electrons. The van der Waals surface area contributed by atoms with Gasteiger partial charge in [0, 0.05) is 5.39 Å². The summed E-state index contributed by atoms with van der Waals surface area (Å²) in [5.41, 5.74) is -1.19. The van der Waals surface area contributed by atoms with Gasteiger partial charge < -0.3 is 9.73 Å². The Morgan fingerprint density at radius 3 is 2.54 bits per heavy atom. The first-order chi connectivity index (χ1) is 12.3. The molecule has 3 rings (SSSR count). The van der Waals surface area contributed by atoms with Crippen LogP contribution in [0, 0.1) is 0 Å². The van der Waals surface area contributed by atoms with Crippen molar-refractivity contribution in [1.82, 2.24) is 5.32 Å². The summed E-state index contributed by atoms with van der Waals surface area (Å²) in [6.07, 6.45) is -4.47. The molecule has 4 nitrogen and oxygen atoms in total. The van der Waals surface area contributed by atoms with Crippen LogP contribution >= 0.6 is 0 Å².